The lowest BCUT2D eigenvalue weighted by Crippen LogP contribution is -2.32. The molecule has 0 aliphatic heterocycles. The van der Waals surface area contributed by atoms with Gasteiger partial charge in [-0.2, -0.15) is 5.10 Å². The van der Waals surface area contributed by atoms with Crippen molar-refractivity contribution in [1.82, 2.24) is 10.7 Å². The van der Waals surface area contributed by atoms with E-state index in [9.17, 15) is 9.59 Å². The predicted molar refractivity (Wildman–Crippen MR) is 140 cm³/mol. The Hall–Kier alpha value is -3.23. The number of rotatable bonds is 7. The molecule has 0 radical (unpaired) electrons. The van der Waals surface area contributed by atoms with E-state index in [1.165, 1.54) is 6.21 Å². The monoisotopic (exact) mass is 568 g/mol. The van der Waals surface area contributed by atoms with E-state index in [4.69, 9.17) is 0 Å². The summed E-state index contributed by atoms with van der Waals surface area (Å²) in [6.45, 7) is 0. The van der Waals surface area contributed by atoms with Crippen LogP contribution in [0.25, 0.3) is 6.08 Å². The average molecular weight is 570 g/mol. The molecule has 2 N–H and O–H groups in total. The van der Waals surface area contributed by atoms with Gasteiger partial charge in [-0.3, -0.25) is 9.59 Å². The number of hydrogen-bond donors (Lipinski definition) is 2. The third-order valence-corrected chi connectivity index (χ3v) is 5.57. The first-order chi connectivity index (χ1) is 15.8. The molecule has 0 saturated heterocycles. The Morgan fingerprint density at radius 1 is 0.879 bits per heavy atom. The van der Waals surface area contributed by atoms with Crippen LogP contribution in [0.2, 0.25) is 0 Å². The number of halogens is 2. The van der Waals surface area contributed by atoms with Crippen molar-refractivity contribution < 1.29 is 9.59 Å². The summed E-state index contributed by atoms with van der Waals surface area (Å²) in [7, 11) is 3.90. The molecule has 168 valence electrons. The third-order valence-electron chi connectivity index (χ3n) is 4.55. The van der Waals surface area contributed by atoms with Crippen LogP contribution >= 0.6 is 31.9 Å². The molecule has 6 nitrogen and oxygen atoms in total. The molecule has 0 aliphatic rings. The second-order valence-electron chi connectivity index (χ2n) is 7.26. The van der Waals surface area contributed by atoms with Crippen LogP contribution in [0.15, 0.2) is 92.5 Å². The van der Waals surface area contributed by atoms with Gasteiger partial charge in [0.15, 0.2) is 0 Å². The standard InChI is InChI=1S/C25H22Br2N4O2/c1-31(2)22-12-8-17(9-13-22)14-23(29-24(32)19-4-3-5-21(27)15-19)25(33)30-28-16-18-6-10-20(26)11-7-18/h3-16H,1-2H3,(H,29,32)(H,30,33)/b23-14-,28-16-. The summed E-state index contributed by atoms with van der Waals surface area (Å²) in [5, 5.41) is 6.72. The van der Waals surface area contributed by atoms with E-state index in [0.29, 0.717) is 5.56 Å². The predicted octanol–water partition coefficient (Wildman–Crippen LogP) is 5.20. The molecular formula is C25H22Br2N4O2. The van der Waals surface area contributed by atoms with Crippen LogP contribution in [0.1, 0.15) is 21.5 Å². The highest BCUT2D eigenvalue weighted by molar-refractivity contribution is 9.10. The van der Waals surface area contributed by atoms with E-state index in [1.807, 2.05) is 73.6 Å². The Balaban J connectivity index is 1.82. The first kappa shape index (κ1) is 24.4. The van der Waals surface area contributed by atoms with E-state index in [-0.39, 0.29) is 5.70 Å². The first-order valence-corrected chi connectivity index (χ1v) is 11.6. The quantitative estimate of drug-likeness (QED) is 0.233. The summed E-state index contributed by atoms with van der Waals surface area (Å²) >= 11 is 6.74. The van der Waals surface area contributed by atoms with Gasteiger partial charge in [-0.1, -0.05) is 62.2 Å². The van der Waals surface area contributed by atoms with E-state index < -0.39 is 11.8 Å². The van der Waals surface area contributed by atoms with Crippen LogP contribution in [0, 0.1) is 0 Å². The van der Waals surface area contributed by atoms with Crippen molar-refractivity contribution in [3.63, 3.8) is 0 Å². The van der Waals surface area contributed by atoms with Gasteiger partial charge in [-0.15, -0.1) is 0 Å². The molecule has 33 heavy (non-hydrogen) atoms. The van der Waals surface area contributed by atoms with Gasteiger partial charge < -0.3 is 10.2 Å². The van der Waals surface area contributed by atoms with Gasteiger partial charge in [-0.05, 0) is 59.7 Å². The summed E-state index contributed by atoms with van der Waals surface area (Å²) < 4.78 is 1.72. The van der Waals surface area contributed by atoms with Crippen LogP contribution < -0.4 is 15.6 Å². The SMILES string of the molecule is CN(C)c1ccc(/C=C(\NC(=O)c2cccc(Br)c2)C(=O)N/N=C\c2ccc(Br)cc2)cc1. The van der Waals surface area contributed by atoms with Crippen molar-refractivity contribution in [3.8, 4) is 0 Å². The van der Waals surface area contributed by atoms with Crippen LogP contribution in [-0.4, -0.2) is 32.1 Å². The van der Waals surface area contributed by atoms with Crippen LogP contribution in [0.4, 0.5) is 5.69 Å². The molecule has 0 aliphatic carbocycles. The van der Waals surface area contributed by atoms with Gasteiger partial charge in [0.25, 0.3) is 11.8 Å². The summed E-state index contributed by atoms with van der Waals surface area (Å²) in [6.07, 6.45) is 3.14. The Labute approximate surface area is 209 Å². The fourth-order valence-corrected chi connectivity index (χ4v) is 3.46. The van der Waals surface area contributed by atoms with Gasteiger partial charge in [0.1, 0.15) is 5.70 Å². The molecule has 0 fully saturated rings. The second-order valence-corrected chi connectivity index (χ2v) is 9.09. The molecular weight excluding hydrogens is 548 g/mol. The maximum Gasteiger partial charge on any atom is 0.287 e. The minimum Gasteiger partial charge on any atom is -0.378 e. The Morgan fingerprint density at radius 2 is 1.55 bits per heavy atom. The molecule has 0 aromatic heterocycles. The molecule has 0 saturated carbocycles. The minimum absolute atomic E-state index is 0.0746. The molecule has 3 rings (SSSR count). The molecule has 3 aromatic rings. The van der Waals surface area contributed by atoms with Crippen molar-refractivity contribution in [2.45, 2.75) is 0 Å². The number of anilines is 1. The lowest BCUT2D eigenvalue weighted by atomic mass is 10.1. The van der Waals surface area contributed by atoms with Gasteiger partial charge >= 0.3 is 0 Å². The molecule has 0 heterocycles. The highest BCUT2D eigenvalue weighted by Crippen LogP contribution is 2.16. The minimum atomic E-state index is -0.539. The number of carbonyl (C=O) groups is 2. The lowest BCUT2D eigenvalue weighted by molar-refractivity contribution is -0.117. The van der Waals surface area contributed by atoms with E-state index >= 15 is 0 Å². The molecule has 0 bridgehead atoms. The molecule has 0 atom stereocenters. The number of hydrogen-bond acceptors (Lipinski definition) is 4. The zero-order valence-corrected chi connectivity index (χ0v) is 21.2. The normalized spacial score (nSPS) is 11.3. The summed E-state index contributed by atoms with van der Waals surface area (Å²) in [6, 6.07) is 22.0. The van der Waals surface area contributed by atoms with Gasteiger partial charge in [0, 0.05) is 34.3 Å². The van der Waals surface area contributed by atoms with Gasteiger partial charge in [0.2, 0.25) is 0 Å². The molecule has 2 amide bonds. The van der Waals surface area contributed by atoms with E-state index in [1.54, 1.807) is 24.3 Å². The first-order valence-electron chi connectivity index (χ1n) is 9.97. The maximum atomic E-state index is 12.9. The lowest BCUT2D eigenvalue weighted by Gasteiger charge is -2.13. The molecule has 0 spiro atoms. The van der Waals surface area contributed by atoms with Gasteiger partial charge in [0.05, 0.1) is 6.21 Å². The zero-order chi connectivity index (χ0) is 23.8. The molecule has 8 heteroatoms. The van der Waals surface area contributed by atoms with Crippen molar-refractivity contribution in [2.75, 3.05) is 19.0 Å². The number of benzene rings is 3. The third kappa shape index (κ3) is 7.40. The van der Waals surface area contributed by atoms with Crippen molar-refractivity contribution >= 4 is 61.7 Å². The van der Waals surface area contributed by atoms with Crippen LogP contribution in [-0.2, 0) is 4.79 Å². The molecule has 3 aromatic carbocycles. The van der Waals surface area contributed by atoms with Crippen molar-refractivity contribution in [2.24, 2.45) is 5.10 Å². The number of carbonyl (C=O) groups excluding carboxylic acids is 2. The largest absolute Gasteiger partial charge is 0.378 e. The Morgan fingerprint density at radius 3 is 2.18 bits per heavy atom. The van der Waals surface area contributed by atoms with E-state index in [2.05, 4.69) is 47.7 Å². The van der Waals surface area contributed by atoms with Gasteiger partial charge in [-0.25, -0.2) is 5.43 Å². The van der Waals surface area contributed by atoms with Crippen LogP contribution in [0.3, 0.4) is 0 Å². The van der Waals surface area contributed by atoms with E-state index in [0.717, 1.165) is 25.8 Å². The number of nitrogens with one attached hydrogen (secondary N) is 2. The van der Waals surface area contributed by atoms with Crippen LogP contribution in [0.5, 0.6) is 0 Å². The number of hydrazone groups is 1. The Bertz CT molecular complexity index is 1190. The number of nitrogens with zero attached hydrogens (tertiary/aromatic N) is 2. The average Bonchev–Trinajstić information content (AvgIpc) is 2.80. The zero-order valence-electron chi connectivity index (χ0n) is 18.0. The smallest absolute Gasteiger partial charge is 0.287 e. The fraction of sp³-hybridized carbons (Fsp3) is 0.0800. The maximum absolute atomic E-state index is 12.9. The fourth-order valence-electron chi connectivity index (χ4n) is 2.79. The highest BCUT2D eigenvalue weighted by Gasteiger charge is 2.15. The number of amides is 2. The van der Waals surface area contributed by atoms with Crippen molar-refractivity contribution in [3.05, 3.63) is 104 Å². The highest BCUT2D eigenvalue weighted by atomic mass is 79.9. The topological polar surface area (TPSA) is 73.8 Å². The Kier molecular flexibility index (Phi) is 8.57. The second kappa shape index (κ2) is 11.6. The summed E-state index contributed by atoms with van der Waals surface area (Å²) in [5.74, 6) is -0.942. The summed E-state index contributed by atoms with van der Waals surface area (Å²) in [5.41, 5.74) is 5.58. The summed E-state index contributed by atoms with van der Waals surface area (Å²) in [4.78, 5) is 27.6. The molecule has 0 unspecified atom stereocenters. The van der Waals surface area contributed by atoms with Crippen molar-refractivity contribution in [1.29, 1.82) is 0 Å².